The molecule has 19 heavy (non-hydrogen) atoms. The summed E-state index contributed by atoms with van der Waals surface area (Å²) < 4.78 is 0. The predicted octanol–water partition coefficient (Wildman–Crippen LogP) is 3.38. The summed E-state index contributed by atoms with van der Waals surface area (Å²) in [5.74, 6) is 0. The zero-order valence-corrected chi connectivity index (χ0v) is 12.0. The van der Waals surface area contributed by atoms with Gasteiger partial charge in [-0.3, -0.25) is 0 Å². The number of benzene rings is 2. The molecule has 2 aromatic carbocycles. The Bertz CT molecular complexity index is 488. The highest BCUT2D eigenvalue weighted by molar-refractivity contribution is 5.47. The minimum atomic E-state index is 0.938. The topological polar surface area (TPSA) is 6.48 Å². The molecular weight excluding hydrogens is 232 g/mol. The minimum absolute atomic E-state index is 0.938. The van der Waals surface area contributed by atoms with Crippen molar-refractivity contribution in [1.29, 1.82) is 0 Å². The van der Waals surface area contributed by atoms with Crippen LogP contribution in [0.2, 0.25) is 0 Å². The molecule has 0 radical (unpaired) electrons. The Kier molecular flexibility index (Phi) is 4.58. The van der Waals surface area contributed by atoms with Gasteiger partial charge in [-0.2, -0.15) is 0 Å². The van der Waals surface area contributed by atoms with Crippen LogP contribution in [0, 0.1) is 0 Å². The zero-order valence-electron chi connectivity index (χ0n) is 12.0. The standard InChI is InChI=1S/C17H22N2/c1-18(2)13-16-9-11-17(12-10-16)19(3)14-15-7-5-4-6-8-15/h4-12H,13-14H2,1-3H3. The van der Waals surface area contributed by atoms with Gasteiger partial charge >= 0.3 is 0 Å². The highest BCUT2D eigenvalue weighted by Gasteiger charge is 2.02. The lowest BCUT2D eigenvalue weighted by Crippen LogP contribution is -2.16. The van der Waals surface area contributed by atoms with Crippen LogP contribution in [0.1, 0.15) is 11.1 Å². The predicted molar refractivity (Wildman–Crippen MR) is 82.4 cm³/mol. The van der Waals surface area contributed by atoms with Crippen molar-refractivity contribution in [2.75, 3.05) is 26.0 Å². The average Bonchev–Trinajstić information content (AvgIpc) is 2.40. The van der Waals surface area contributed by atoms with Crippen molar-refractivity contribution in [1.82, 2.24) is 4.90 Å². The third-order valence-electron chi connectivity index (χ3n) is 3.14. The Labute approximate surface area is 116 Å². The summed E-state index contributed by atoms with van der Waals surface area (Å²) in [6.45, 7) is 1.93. The summed E-state index contributed by atoms with van der Waals surface area (Å²) in [6, 6.07) is 19.4. The lowest BCUT2D eigenvalue weighted by Gasteiger charge is -2.20. The smallest absolute Gasteiger partial charge is 0.0426 e. The summed E-state index contributed by atoms with van der Waals surface area (Å²) in [7, 11) is 6.32. The van der Waals surface area contributed by atoms with Gasteiger partial charge in [-0.15, -0.1) is 0 Å². The Hall–Kier alpha value is -1.80. The van der Waals surface area contributed by atoms with Gasteiger partial charge in [0.15, 0.2) is 0 Å². The Balaban J connectivity index is 2.01. The first-order valence-corrected chi connectivity index (χ1v) is 6.64. The first-order valence-electron chi connectivity index (χ1n) is 6.64. The normalized spacial score (nSPS) is 10.7. The monoisotopic (exact) mass is 254 g/mol. The van der Waals surface area contributed by atoms with Crippen LogP contribution < -0.4 is 4.90 Å². The third-order valence-corrected chi connectivity index (χ3v) is 3.14. The molecule has 2 nitrogen and oxygen atoms in total. The van der Waals surface area contributed by atoms with E-state index in [9.17, 15) is 0 Å². The quantitative estimate of drug-likeness (QED) is 0.807. The van der Waals surface area contributed by atoms with Crippen molar-refractivity contribution in [3.05, 3.63) is 65.7 Å². The Morgan fingerprint density at radius 1 is 0.684 bits per heavy atom. The molecule has 0 aromatic heterocycles. The summed E-state index contributed by atoms with van der Waals surface area (Å²) in [5.41, 5.74) is 3.94. The van der Waals surface area contributed by atoms with Crippen LogP contribution in [0.25, 0.3) is 0 Å². The van der Waals surface area contributed by atoms with Gasteiger partial charge in [-0.05, 0) is 37.4 Å². The van der Waals surface area contributed by atoms with Crippen LogP contribution in [-0.4, -0.2) is 26.0 Å². The second-order valence-corrected chi connectivity index (χ2v) is 5.25. The second-order valence-electron chi connectivity index (χ2n) is 5.25. The molecule has 0 aliphatic rings. The zero-order chi connectivity index (χ0) is 13.7. The molecule has 2 rings (SSSR count). The largest absolute Gasteiger partial charge is 0.370 e. The van der Waals surface area contributed by atoms with Gasteiger partial charge in [0.1, 0.15) is 0 Å². The van der Waals surface area contributed by atoms with Gasteiger partial charge in [-0.25, -0.2) is 0 Å². The summed E-state index contributed by atoms with van der Waals surface area (Å²) in [4.78, 5) is 4.46. The molecule has 2 heteroatoms. The van der Waals surface area contributed by atoms with E-state index >= 15 is 0 Å². The van der Waals surface area contributed by atoms with Crippen molar-refractivity contribution in [3.8, 4) is 0 Å². The lowest BCUT2D eigenvalue weighted by atomic mass is 10.1. The van der Waals surface area contributed by atoms with Crippen molar-refractivity contribution in [2.24, 2.45) is 0 Å². The van der Waals surface area contributed by atoms with Crippen LogP contribution in [0.15, 0.2) is 54.6 Å². The van der Waals surface area contributed by atoms with E-state index in [1.165, 1.54) is 16.8 Å². The minimum Gasteiger partial charge on any atom is -0.370 e. The fraction of sp³-hybridized carbons (Fsp3) is 0.294. The molecule has 0 amide bonds. The lowest BCUT2D eigenvalue weighted by molar-refractivity contribution is 0.402. The molecule has 0 atom stereocenters. The molecular formula is C17H22N2. The molecule has 0 fully saturated rings. The SMILES string of the molecule is CN(C)Cc1ccc(N(C)Cc2ccccc2)cc1. The van der Waals surface area contributed by atoms with Crippen molar-refractivity contribution in [3.63, 3.8) is 0 Å². The summed E-state index contributed by atoms with van der Waals surface area (Å²) >= 11 is 0. The maximum atomic E-state index is 2.27. The second kappa shape index (κ2) is 6.39. The highest BCUT2D eigenvalue weighted by atomic mass is 15.1. The molecule has 0 aliphatic carbocycles. The van der Waals surface area contributed by atoms with E-state index < -0.39 is 0 Å². The van der Waals surface area contributed by atoms with Crippen LogP contribution >= 0.6 is 0 Å². The number of hydrogen-bond donors (Lipinski definition) is 0. The van der Waals surface area contributed by atoms with E-state index in [1.807, 2.05) is 0 Å². The van der Waals surface area contributed by atoms with Crippen LogP contribution in [0.3, 0.4) is 0 Å². The average molecular weight is 254 g/mol. The van der Waals surface area contributed by atoms with Crippen LogP contribution in [-0.2, 0) is 13.1 Å². The van der Waals surface area contributed by atoms with Crippen LogP contribution in [0.4, 0.5) is 5.69 Å². The van der Waals surface area contributed by atoms with Crippen molar-refractivity contribution >= 4 is 5.69 Å². The number of hydrogen-bond acceptors (Lipinski definition) is 2. The first-order chi connectivity index (χ1) is 9.15. The summed E-state index contributed by atoms with van der Waals surface area (Å²) in [5, 5.41) is 0. The van der Waals surface area contributed by atoms with Crippen LogP contribution in [0.5, 0.6) is 0 Å². The van der Waals surface area contributed by atoms with Gasteiger partial charge < -0.3 is 9.80 Å². The summed E-state index contributed by atoms with van der Waals surface area (Å²) in [6.07, 6.45) is 0. The number of rotatable bonds is 5. The van der Waals surface area contributed by atoms with E-state index in [2.05, 4.69) is 85.5 Å². The fourth-order valence-electron chi connectivity index (χ4n) is 2.17. The molecule has 0 saturated heterocycles. The Morgan fingerprint density at radius 3 is 1.84 bits per heavy atom. The van der Waals surface area contributed by atoms with Gasteiger partial charge in [0, 0.05) is 25.8 Å². The van der Waals surface area contributed by atoms with E-state index in [0.717, 1.165) is 13.1 Å². The van der Waals surface area contributed by atoms with Crippen molar-refractivity contribution in [2.45, 2.75) is 13.1 Å². The van der Waals surface area contributed by atoms with Gasteiger partial charge in [0.2, 0.25) is 0 Å². The first kappa shape index (κ1) is 13.6. The third kappa shape index (κ3) is 4.11. The van der Waals surface area contributed by atoms with Gasteiger partial charge in [0.25, 0.3) is 0 Å². The Morgan fingerprint density at radius 2 is 1.26 bits per heavy atom. The molecule has 0 saturated carbocycles. The van der Waals surface area contributed by atoms with E-state index in [1.54, 1.807) is 0 Å². The fourth-order valence-corrected chi connectivity index (χ4v) is 2.17. The molecule has 0 spiro atoms. The van der Waals surface area contributed by atoms with Crippen molar-refractivity contribution < 1.29 is 0 Å². The van der Waals surface area contributed by atoms with E-state index in [0.29, 0.717) is 0 Å². The maximum absolute atomic E-state index is 2.27. The molecule has 0 heterocycles. The highest BCUT2D eigenvalue weighted by Crippen LogP contribution is 2.16. The van der Waals surface area contributed by atoms with E-state index in [-0.39, 0.29) is 0 Å². The van der Waals surface area contributed by atoms with Gasteiger partial charge in [0.05, 0.1) is 0 Å². The molecule has 0 aliphatic heterocycles. The van der Waals surface area contributed by atoms with E-state index in [4.69, 9.17) is 0 Å². The molecule has 2 aromatic rings. The maximum Gasteiger partial charge on any atom is 0.0426 e. The number of anilines is 1. The van der Waals surface area contributed by atoms with Gasteiger partial charge in [-0.1, -0.05) is 42.5 Å². The molecule has 100 valence electrons. The molecule has 0 bridgehead atoms. The molecule has 0 unspecified atom stereocenters. The molecule has 0 N–H and O–H groups in total. The number of nitrogens with zero attached hydrogens (tertiary/aromatic N) is 2.